The van der Waals surface area contributed by atoms with Crippen molar-refractivity contribution in [2.24, 2.45) is 0 Å². The number of fused-ring (bicyclic) bond motifs is 1. The fourth-order valence-corrected chi connectivity index (χ4v) is 3.91. The van der Waals surface area contributed by atoms with Gasteiger partial charge in [-0.05, 0) is 24.3 Å². The Labute approximate surface area is 149 Å². The Kier molecular flexibility index (Phi) is 7.03. The minimum absolute atomic E-state index is 0.00103. The highest BCUT2D eigenvalue weighted by Crippen LogP contribution is 2.40. The second-order valence-electron chi connectivity index (χ2n) is 5.45. The summed E-state index contributed by atoms with van der Waals surface area (Å²) in [5, 5.41) is 28.6. The number of aliphatic hydroxyl groups is 1. The molecule has 1 aromatic rings. The van der Waals surface area contributed by atoms with Gasteiger partial charge in [0.05, 0.1) is 12.4 Å². The third-order valence-electron chi connectivity index (χ3n) is 3.68. The Hall–Kier alpha value is -1.16. The standard InChI is InChI=1S/C15H19BO6S2/c1-23-8-11(18)7-10-6-9-2-3-12(24-5-4-17)13(15(19)20)14(9)22-16(10)21/h2-3,10,17,21H,4-8H2,1H3,(H,19,20)/t10-/m1/s1. The summed E-state index contributed by atoms with van der Waals surface area (Å²) in [5.41, 5.74) is 0.673. The second-order valence-corrected chi connectivity index (χ2v) is 7.46. The molecule has 1 atom stereocenters. The number of ketones is 1. The van der Waals surface area contributed by atoms with E-state index in [0.29, 0.717) is 28.4 Å². The summed E-state index contributed by atoms with van der Waals surface area (Å²) >= 11 is 2.65. The van der Waals surface area contributed by atoms with Crippen LogP contribution in [-0.2, 0) is 11.2 Å². The summed E-state index contributed by atoms with van der Waals surface area (Å²) in [5.74, 6) is -0.578. The lowest BCUT2D eigenvalue weighted by atomic mass is 9.64. The largest absolute Gasteiger partial charge is 0.535 e. The summed E-state index contributed by atoms with van der Waals surface area (Å²) in [6.45, 7) is -0.0656. The Bertz CT molecular complexity index is 624. The molecule has 1 aliphatic rings. The van der Waals surface area contributed by atoms with Crippen molar-refractivity contribution in [2.45, 2.75) is 23.6 Å². The highest BCUT2D eigenvalue weighted by atomic mass is 32.2. The summed E-state index contributed by atoms with van der Waals surface area (Å²) in [7, 11) is -1.21. The van der Waals surface area contributed by atoms with Crippen LogP contribution in [0.25, 0.3) is 0 Å². The van der Waals surface area contributed by atoms with E-state index in [9.17, 15) is 19.7 Å². The van der Waals surface area contributed by atoms with E-state index in [2.05, 4.69) is 0 Å². The number of hydrogen-bond donors (Lipinski definition) is 3. The highest BCUT2D eigenvalue weighted by molar-refractivity contribution is 7.99. The highest BCUT2D eigenvalue weighted by Gasteiger charge is 2.38. The molecule has 0 fully saturated rings. The number of carbonyl (C=O) groups excluding carboxylic acids is 1. The Balaban J connectivity index is 2.27. The molecule has 0 radical (unpaired) electrons. The number of hydrogen-bond acceptors (Lipinski definition) is 7. The molecule has 2 rings (SSSR count). The molecule has 0 aliphatic carbocycles. The van der Waals surface area contributed by atoms with Gasteiger partial charge in [-0.1, -0.05) is 6.07 Å². The van der Waals surface area contributed by atoms with Crippen molar-refractivity contribution in [3.05, 3.63) is 23.3 Å². The summed E-state index contributed by atoms with van der Waals surface area (Å²) in [6, 6.07) is 3.45. The van der Waals surface area contributed by atoms with Crippen LogP contribution in [0.3, 0.4) is 0 Å². The number of carboxylic acids is 1. The molecule has 9 heteroatoms. The quantitative estimate of drug-likeness (QED) is 0.468. The van der Waals surface area contributed by atoms with E-state index < -0.39 is 13.1 Å². The number of carboxylic acid groups (broad SMARTS) is 1. The van der Waals surface area contributed by atoms with Crippen LogP contribution < -0.4 is 4.65 Å². The van der Waals surface area contributed by atoms with Crippen molar-refractivity contribution in [2.75, 3.05) is 24.4 Å². The molecule has 130 valence electrons. The van der Waals surface area contributed by atoms with Crippen LogP contribution in [-0.4, -0.2) is 58.5 Å². The molecule has 3 N–H and O–H groups in total. The maximum atomic E-state index is 11.8. The van der Waals surface area contributed by atoms with E-state index in [1.165, 1.54) is 23.5 Å². The average Bonchev–Trinajstić information content (AvgIpc) is 2.53. The zero-order valence-electron chi connectivity index (χ0n) is 13.2. The van der Waals surface area contributed by atoms with Gasteiger partial charge in [-0.2, -0.15) is 11.8 Å². The van der Waals surface area contributed by atoms with Crippen molar-refractivity contribution in [1.82, 2.24) is 0 Å². The molecular formula is C15H19BO6S2. The number of aliphatic hydroxyl groups excluding tert-OH is 1. The van der Waals surface area contributed by atoms with Gasteiger partial charge >= 0.3 is 13.1 Å². The number of carbonyl (C=O) groups is 2. The van der Waals surface area contributed by atoms with Crippen LogP contribution in [0.4, 0.5) is 0 Å². The normalized spacial score (nSPS) is 16.5. The third kappa shape index (κ3) is 4.47. The third-order valence-corrected chi connectivity index (χ3v) is 5.33. The maximum Gasteiger partial charge on any atom is 0.526 e. The van der Waals surface area contributed by atoms with Crippen LogP contribution >= 0.6 is 23.5 Å². The smallest absolute Gasteiger partial charge is 0.526 e. The molecule has 0 saturated carbocycles. The summed E-state index contributed by atoms with van der Waals surface area (Å²) < 4.78 is 5.48. The fourth-order valence-electron chi connectivity index (χ4n) is 2.67. The van der Waals surface area contributed by atoms with E-state index in [1.54, 1.807) is 12.1 Å². The molecule has 0 spiro atoms. The molecule has 0 amide bonds. The maximum absolute atomic E-state index is 11.8. The molecule has 0 unspecified atom stereocenters. The monoisotopic (exact) mass is 370 g/mol. The Morgan fingerprint density at radius 3 is 2.79 bits per heavy atom. The second kappa shape index (κ2) is 8.80. The molecular weight excluding hydrogens is 351 g/mol. The van der Waals surface area contributed by atoms with Crippen molar-refractivity contribution in [3.8, 4) is 5.75 Å². The van der Waals surface area contributed by atoms with E-state index >= 15 is 0 Å². The van der Waals surface area contributed by atoms with Crippen LogP contribution in [0.2, 0.25) is 5.82 Å². The van der Waals surface area contributed by atoms with Gasteiger partial charge in [0.1, 0.15) is 17.1 Å². The van der Waals surface area contributed by atoms with Crippen LogP contribution in [0.1, 0.15) is 22.3 Å². The van der Waals surface area contributed by atoms with Crippen molar-refractivity contribution < 1.29 is 29.5 Å². The number of aromatic carboxylic acids is 1. The number of benzene rings is 1. The first kappa shape index (κ1) is 19.2. The van der Waals surface area contributed by atoms with Gasteiger partial charge in [0.2, 0.25) is 0 Å². The molecule has 0 bridgehead atoms. The molecule has 1 aliphatic heterocycles. The number of thioether (sulfide) groups is 2. The summed E-state index contributed by atoms with van der Waals surface area (Å²) in [4.78, 5) is 23.9. The summed E-state index contributed by atoms with van der Waals surface area (Å²) in [6.07, 6.45) is 2.43. The lowest BCUT2D eigenvalue weighted by molar-refractivity contribution is -0.116. The van der Waals surface area contributed by atoms with Gasteiger partial charge < -0.3 is 19.9 Å². The SMILES string of the molecule is CSCC(=O)C[C@H]1Cc2ccc(SCCO)c(C(=O)O)c2OB1O. The number of rotatable bonds is 8. The van der Waals surface area contributed by atoms with Gasteiger partial charge in [0.15, 0.2) is 0 Å². The zero-order chi connectivity index (χ0) is 17.7. The first-order valence-electron chi connectivity index (χ1n) is 7.46. The lowest BCUT2D eigenvalue weighted by Crippen LogP contribution is -2.36. The molecule has 1 heterocycles. The van der Waals surface area contributed by atoms with Crippen LogP contribution in [0.5, 0.6) is 5.75 Å². The fraction of sp³-hybridized carbons (Fsp3) is 0.467. The van der Waals surface area contributed by atoms with Gasteiger partial charge in [-0.3, -0.25) is 4.79 Å². The predicted molar refractivity (Wildman–Crippen MR) is 95.3 cm³/mol. The van der Waals surface area contributed by atoms with Gasteiger partial charge in [0, 0.05) is 22.9 Å². The first-order valence-corrected chi connectivity index (χ1v) is 9.84. The van der Waals surface area contributed by atoms with Gasteiger partial charge in [-0.25, -0.2) is 4.79 Å². The minimum atomic E-state index is -1.21. The number of Topliss-reactive ketones (excluding diaryl/α,β-unsaturated/α-hetero) is 1. The van der Waals surface area contributed by atoms with Crippen molar-refractivity contribution in [1.29, 1.82) is 0 Å². The molecule has 1 aromatic carbocycles. The molecule has 0 aromatic heterocycles. The first-order chi connectivity index (χ1) is 11.5. The van der Waals surface area contributed by atoms with Crippen molar-refractivity contribution >= 4 is 42.4 Å². The van der Waals surface area contributed by atoms with E-state index in [0.717, 1.165) is 0 Å². The molecule has 0 saturated heterocycles. The van der Waals surface area contributed by atoms with Gasteiger partial charge in [-0.15, -0.1) is 11.8 Å². The Morgan fingerprint density at radius 1 is 1.42 bits per heavy atom. The van der Waals surface area contributed by atoms with E-state index in [4.69, 9.17) is 9.76 Å². The lowest BCUT2D eigenvalue weighted by Gasteiger charge is -2.28. The van der Waals surface area contributed by atoms with Crippen LogP contribution in [0, 0.1) is 0 Å². The Morgan fingerprint density at radius 2 is 2.17 bits per heavy atom. The predicted octanol–water partition coefficient (Wildman–Crippen LogP) is 1.58. The van der Waals surface area contributed by atoms with Crippen LogP contribution in [0.15, 0.2) is 17.0 Å². The van der Waals surface area contributed by atoms with Gasteiger partial charge in [0.25, 0.3) is 0 Å². The minimum Gasteiger partial charge on any atom is -0.535 e. The van der Waals surface area contributed by atoms with Crippen molar-refractivity contribution in [3.63, 3.8) is 0 Å². The van der Waals surface area contributed by atoms with E-state index in [1.807, 2.05) is 6.26 Å². The van der Waals surface area contributed by atoms with E-state index in [-0.39, 0.29) is 35.9 Å². The average molecular weight is 370 g/mol. The molecule has 24 heavy (non-hydrogen) atoms. The molecule has 6 nitrogen and oxygen atoms in total. The zero-order valence-corrected chi connectivity index (χ0v) is 14.9. The topological polar surface area (TPSA) is 104 Å².